The van der Waals surface area contributed by atoms with Gasteiger partial charge in [-0.3, -0.25) is 4.79 Å². The van der Waals surface area contributed by atoms with Gasteiger partial charge in [-0.15, -0.1) is 0 Å². The number of carbonyl (C=O) groups is 1. The van der Waals surface area contributed by atoms with Crippen molar-refractivity contribution in [1.82, 2.24) is 0 Å². The van der Waals surface area contributed by atoms with Crippen LogP contribution in [0.5, 0.6) is 5.75 Å². The quantitative estimate of drug-likeness (QED) is 0.892. The smallest absolute Gasteiger partial charge is 0.231 e. The molecule has 3 N–H and O–H groups in total. The van der Waals surface area contributed by atoms with Gasteiger partial charge in [0.15, 0.2) is 0 Å². The van der Waals surface area contributed by atoms with Crippen LogP contribution in [0.3, 0.4) is 0 Å². The van der Waals surface area contributed by atoms with E-state index in [4.69, 9.17) is 22.1 Å². The molecule has 0 bridgehead atoms. The standard InChI is InChI=1S/C14H19ClN2O2/c1-19-10-4-5-11(15)12(8-10)17-13(18)14(9-16)6-2-3-7-14/h4-5,8H,2-3,6-7,9,16H2,1H3,(H,17,18). The number of nitrogens with two attached hydrogens (primary N) is 1. The lowest BCUT2D eigenvalue weighted by atomic mass is 9.85. The predicted octanol–water partition coefficient (Wildman–Crippen LogP) is 2.81. The number of anilines is 1. The zero-order chi connectivity index (χ0) is 13.9. The van der Waals surface area contributed by atoms with Crippen LogP contribution in [0.4, 0.5) is 5.69 Å². The molecule has 104 valence electrons. The number of carbonyl (C=O) groups excluding carboxylic acids is 1. The highest BCUT2D eigenvalue weighted by atomic mass is 35.5. The molecule has 0 saturated heterocycles. The Morgan fingerprint density at radius 3 is 2.74 bits per heavy atom. The first kappa shape index (κ1) is 14.2. The van der Waals surface area contributed by atoms with Crippen LogP contribution in [-0.4, -0.2) is 19.6 Å². The maximum absolute atomic E-state index is 12.4. The lowest BCUT2D eigenvalue weighted by molar-refractivity contribution is -0.124. The molecule has 1 saturated carbocycles. The van der Waals surface area contributed by atoms with E-state index in [1.807, 2.05) is 0 Å². The van der Waals surface area contributed by atoms with E-state index in [1.165, 1.54) is 0 Å². The van der Waals surface area contributed by atoms with Crippen LogP contribution in [-0.2, 0) is 4.79 Å². The van der Waals surface area contributed by atoms with Gasteiger partial charge in [0.2, 0.25) is 5.91 Å². The van der Waals surface area contributed by atoms with Gasteiger partial charge >= 0.3 is 0 Å². The van der Waals surface area contributed by atoms with Gasteiger partial charge in [-0.05, 0) is 25.0 Å². The third-order valence-corrected chi connectivity index (χ3v) is 4.18. The SMILES string of the molecule is COc1ccc(Cl)c(NC(=O)C2(CN)CCCC2)c1. The second kappa shape index (κ2) is 5.80. The Kier molecular flexibility index (Phi) is 4.32. The van der Waals surface area contributed by atoms with Gasteiger partial charge in [-0.25, -0.2) is 0 Å². The predicted molar refractivity (Wildman–Crippen MR) is 76.6 cm³/mol. The Balaban J connectivity index is 2.18. The largest absolute Gasteiger partial charge is 0.497 e. The van der Waals surface area contributed by atoms with Gasteiger partial charge in [-0.1, -0.05) is 24.4 Å². The van der Waals surface area contributed by atoms with Gasteiger partial charge in [0.1, 0.15) is 5.75 Å². The summed E-state index contributed by atoms with van der Waals surface area (Å²) in [6.45, 7) is 0.375. The van der Waals surface area contributed by atoms with Crippen molar-refractivity contribution in [2.45, 2.75) is 25.7 Å². The number of halogens is 1. The number of benzene rings is 1. The highest BCUT2D eigenvalue weighted by molar-refractivity contribution is 6.33. The minimum Gasteiger partial charge on any atom is -0.497 e. The number of rotatable bonds is 4. The number of ether oxygens (including phenoxy) is 1. The summed E-state index contributed by atoms with van der Waals surface area (Å²) in [6.07, 6.45) is 3.79. The first-order valence-corrected chi connectivity index (χ1v) is 6.84. The van der Waals surface area contributed by atoms with E-state index in [-0.39, 0.29) is 5.91 Å². The molecule has 0 unspecified atom stereocenters. The lowest BCUT2D eigenvalue weighted by Gasteiger charge is -2.26. The molecule has 0 radical (unpaired) electrons. The molecule has 0 aromatic heterocycles. The second-order valence-electron chi connectivity index (χ2n) is 4.99. The normalized spacial score (nSPS) is 17.2. The number of hydrogen-bond acceptors (Lipinski definition) is 3. The van der Waals surface area contributed by atoms with Crippen molar-refractivity contribution in [3.05, 3.63) is 23.2 Å². The molecule has 4 nitrogen and oxygen atoms in total. The van der Waals surface area contributed by atoms with Gasteiger partial charge in [-0.2, -0.15) is 0 Å². The Labute approximate surface area is 118 Å². The number of hydrogen-bond donors (Lipinski definition) is 2. The summed E-state index contributed by atoms with van der Waals surface area (Å²) in [5, 5.41) is 3.39. The van der Waals surface area contributed by atoms with Crippen molar-refractivity contribution in [3.8, 4) is 5.75 Å². The first-order chi connectivity index (χ1) is 9.11. The molecule has 1 aromatic rings. The molecule has 1 aromatic carbocycles. The van der Waals surface area contributed by atoms with Crippen LogP contribution < -0.4 is 15.8 Å². The molecule has 0 heterocycles. The van der Waals surface area contributed by atoms with Crippen molar-refractivity contribution >= 4 is 23.2 Å². The van der Waals surface area contributed by atoms with Gasteiger partial charge < -0.3 is 15.8 Å². The number of amides is 1. The van der Waals surface area contributed by atoms with E-state index >= 15 is 0 Å². The summed E-state index contributed by atoms with van der Waals surface area (Å²) in [5.74, 6) is 0.621. The van der Waals surface area contributed by atoms with Crippen LogP contribution in [0.1, 0.15) is 25.7 Å². The maximum Gasteiger partial charge on any atom is 0.231 e. The lowest BCUT2D eigenvalue weighted by Crippen LogP contribution is -2.40. The van der Waals surface area contributed by atoms with E-state index in [0.29, 0.717) is 23.0 Å². The van der Waals surface area contributed by atoms with Crippen LogP contribution in [0.25, 0.3) is 0 Å². The van der Waals surface area contributed by atoms with Crippen molar-refractivity contribution in [3.63, 3.8) is 0 Å². The highest BCUT2D eigenvalue weighted by Crippen LogP contribution is 2.39. The fourth-order valence-corrected chi connectivity index (χ4v) is 2.72. The summed E-state index contributed by atoms with van der Waals surface area (Å²) >= 11 is 6.09. The van der Waals surface area contributed by atoms with Crippen LogP contribution in [0, 0.1) is 5.41 Å². The first-order valence-electron chi connectivity index (χ1n) is 6.46. The number of methoxy groups -OCH3 is 1. The molecule has 2 rings (SSSR count). The van der Waals surface area contributed by atoms with Gasteiger partial charge in [0.25, 0.3) is 0 Å². The topological polar surface area (TPSA) is 64.3 Å². The fraction of sp³-hybridized carbons (Fsp3) is 0.500. The molecular weight excluding hydrogens is 264 g/mol. The van der Waals surface area contributed by atoms with E-state index in [9.17, 15) is 4.79 Å². The van der Waals surface area contributed by atoms with Crippen molar-refractivity contribution in [1.29, 1.82) is 0 Å². The molecule has 1 amide bonds. The maximum atomic E-state index is 12.4. The molecule has 0 atom stereocenters. The molecular formula is C14H19ClN2O2. The molecule has 19 heavy (non-hydrogen) atoms. The Morgan fingerprint density at radius 1 is 1.47 bits per heavy atom. The average molecular weight is 283 g/mol. The monoisotopic (exact) mass is 282 g/mol. The van der Waals surface area contributed by atoms with E-state index in [2.05, 4.69) is 5.32 Å². The van der Waals surface area contributed by atoms with Crippen LogP contribution >= 0.6 is 11.6 Å². The summed E-state index contributed by atoms with van der Waals surface area (Å²) in [6, 6.07) is 5.19. The number of nitrogens with one attached hydrogen (secondary N) is 1. The molecule has 1 fully saturated rings. The third kappa shape index (κ3) is 2.85. The summed E-state index contributed by atoms with van der Waals surface area (Å²) in [5.41, 5.74) is 5.94. The van der Waals surface area contributed by atoms with E-state index in [0.717, 1.165) is 25.7 Å². The van der Waals surface area contributed by atoms with Crippen molar-refractivity contribution in [2.24, 2.45) is 11.1 Å². The molecule has 1 aliphatic carbocycles. The molecule has 0 spiro atoms. The van der Waals surface area contributed by atoms with Crippen LogP contribution in [0.2, 0.25) is 5.02 Å². The minimum atomic E-state index is -0.438. The summed E-state index contributed by atoms with van der Waals surface area (Å²) in [7, 11) is 1.58. The Morgan fingerprint density at radius 2 is 2.16 bits per heavy atom. The highest BCUT2D eigenvalue weighted by Gasteiger charge is 2.39. The van der Waals surface area contributed by atoms with Crippen molar-refractivity contribution < 1.29 is 9.53 Å². The van der Waals surface area contributed by atoms with Crippen LogP contribution in [0.15, 0.2) is 18.2 Å². The Bertz CT molecular complexity index is 471. The minimum absolute atomic E-state index is 0.0392. The zero-order valence-corrected chi connectivity index (χ0v) is 11.8. The Hall–Kier alpha value is -1.26. The second-order valence-corrected chi connectivity index (χ2v) is 5.40. The fourth-order valence-electron chi connectivity index (χ4n) is 2.56. The third-order valence-electron chi connectivity index (χ3n) is 3.85. The zero-order valence-electron chi connectivity index (χ0n) is 11.0. The average Bonchev–Trinajstić information content (AvgIpc) is 2.91. The van der Waals surface area contributed by atoms with Crippen molar-refractivity contribution in [2.75, 3.05) is 19.0 Å². The summed E-state index contributed by atoms with van der Waals surface area (Å²) in [4.78, 5) is 12.4. The van der Waals surface area contributed by atoms with Gasteiger partial charge in [0.05, 0.1) is 23.2 Å². The summed E-state index contributed by atoms with van der Waals surface area (Å²) < 4.78 is 5.13. The molecule has 0 aliphatic heterocycles. The van der Waals surface area contributed by atoms with E-state index in [1.54, 1.807) is 25.3 Å². The molecule has 1 aliphatic rings. The van der Waals surface area contributed by atoms with E-state index < -0.39 is 5.41 Å². The van der Waals surface area contributed by atoms with Gasteiger partial charge in [0, 0.05) is 12.6 Å². The molecule has 5 heteroatoms.